The monoisotopic (exact) mass is 281 g/mol. The zero-order valence-electron chi connectivity index (χ0n) is 12.9. The predicted octanol–water partition coefficient (Wildman–Crippen LogP) is 3.87. The SMILES string of the molecule is C=CCN(CC=C)Cc1cn[nH]c1-c1ccc(C)c(C)c1. The molecular weight excluding hydrogens is 258 g/mol. The van der Waals surface area contributed by atoms with Crippen LogP contribution in [-0.4, -0.2) is 28.2 Å². The number of hydrogen-bond acceptors (Lipinski definition) is 2. The minimum absolute atomic E-state index is 0.830. The maximum atomic E-state index is 4.22. The van der Waals surface area contributed by atoms with Crippen molar-refractivity contribution in [3.63, 3.8) is 0 Å². The second kappa shape index (κ2) is 7.04. The van der Waals surface area contributed by atoms with E-state index in [-0.39, 0.29) is 0 Å². The van der Waals surface area contributed by atoms with Gasteiger partial charge in [0.15, 0.2) is 0 Å². The van der Waals surface area contributed by atoms with Crippen molar-refractivity contribution in [3.05, 3.63) is 66.4 Å². The smallest absolute Gasteiger partial charge is 0.0695 e. The summed E-state index contributed by atoms with van der Waals surface area (Å²) in [4.78, 5) is 2.27. The van der Waals surface area contributed by atoms with E-state index >= 15 is 0 Å². The zero-order valence-corrected chi connectivity index (χ0v) is 12.9. The van der Waals surface area contributed by atoms with E-state index in [2.05, 4.69) is 60.3 Å². The molecule has 0 spiro atoms. The van der Waals surface area contributed by atoms with Crippen molar-refractivity contribution in [2.24, 2.45) is 0 Å². The molecule has 2 aromatic rings. The van der Waals surface area contributed by atoms with Crippen molar-refractivity contribution >= 4 is 0 Å². The fourth-order valence-electron chi connectivity index (χ4n) is 2.39. The Morgan fingerprint density at radius 2 is 1.86 bits per heavy atom. The van der Waals surface area contributed by atoms with Gasteiger partial charge in [-0.05, 0) is 31.0 Å². The predicted molar refractivity (Wildman–Crippen MR) is 89.2 cm³/mol. The molecule has 1 aromatic heterocycles. The van der Waals surface area contributed by atoms with Gasteiger partial charge in [0.05, 0.1) is 11.9 Å². The Kier molecular flexibility index (Phi) is 5.12. The number of rotatable bonds is 7. The molecule has 0 fully saturated rings. The molecule has 0 aliphatic carbocycles. The van der Waals surface area contributed by atoms with Gasteiger partial charge >= 0.3 is 0 Å². The molecule has 0 unspecified atom stereocenters. The average Bonchev–Trinajstić information content (AvgIpc) is 2.90. The first-order chi connectivity index (χ1) is 10.2. The molecule has 1 aromatic carbocycles. The minimum atomic E-state index is 0.830. The molecule has 3 heteroatoms. The number of H-pyrrole nitrogens is 1. The third kappa shape index (κ3) is 3.70. The summed E-state index contributed by atoms with van der Waals surface area (Å²) in [6.07, 6.45) is 5.74. The van der Waals surface area contributed by atoms with Gasteiger partial charge in [-0.25, -0.2) is 0 Å². The lowest BCUT2D eigenvalue weighted by Crippen LogP contribution is -2.23. The molecule has 0 aliphatic heterocycles. The molecule has 110 valence electrons. The van der Waals surface area contributed by atoms with Crippen molar-refractivity contribution < 1.29 is 0 Å². The van der Waals surface area contributed by atoms with Crippen LogP contribution in [0.15, 0.2) is 49.7 Å². The highest BCUT2D eigenvalue weighted by Gasteiger charge is 2.11. The van der Waals surface area contributed by atoms with Crippen LogP contribution in [0.25, 0.3) is 11.3 Å². The van der Waals surface area contributed by atoms with E-state index < -0.39 is 0 Å². The Bertz CT molecular complexity index is 615. The van der Waals surface area contributed by atoms with E-state index in [1.54, 1.807) is 0 Å². The van der Waals surface area contributed by atoms with Gasteiger partial charge in [0, 0.05) is 30.8 Å². The first-order valence-electron chi connectivity index (χ1n) is 7.19. The van der Waals surface area contributed by atoms with E-state index in [0.29, 0.717) is 0 Å². The maximum Gasteiger partial charge on any atom is 0.0695 e. The maximum absolute atomic E-state index is 4.22. The van der Waals surface area contributed by atoms with E-state index in [1.807, 2.05) is 18.3 Å². The summed E-state index contributed by atoms with van der Waals surface area (Å²) in [5.41, 5.74) is 6.07. The highest BCUT2D eigenvalue weighted by Crippen LogP contribution is 2.24. The normalized spacial score (nSPS) is 10.8. The van der Waals surface area contributed by atoms with Crippen LogP contribution >= 0.6 is 0 Å². The Morgan fingerprint density at radius 1 is 1.14 bits per heavy atom. The Labute approximate surface area is 127 Å². The Morgan fingerprint density at radius 3 is 2.48 bits per heavy atom. The molecule has 0 saturated carbocycles. The standard InChI is InChI=1S/C18H23N3/c1-5-9-21(10-6-2)13-17-12-19-20-18(17)16-8-7-14(3)15(4)11-16/h5-8,11-12H,1-2,9-10,13H2,3-4H3,(H,19,20). The second-order valence-electron chi connectivity index (χ2n) is 5.34. The molecule has 0 aliphatic rings. The van der Waals surface area contributed by atoms with Gasteiger partial charge in [-0.15, -0.1) is 13.2 Å². The Hall–Kier alpha value is -2.13. The number of hydrogen-bond donors (Lipinski definition) is 1. The van der Waals surface area contributed by atoms with Crippen LogP contribution in [0.1, 0.15) is 16.7 Å². The second-order valence-corrected chi connectivity index (χ2v) is 5.34. The summed E-state index contributed by atoms with van der Waals surface area (Å²) in [6, 6.07) is 6.50. The molecule has 1 heterocycles. The lowest BCUT2D eigenvalue weighted by atomic mass is 10.0. The van der Waals surface area contributed by atoms with Gasteiger partial charge in [0.1, 0.15) is 0 Å². The fourth-order valence-corrected chi connectivity index (χ4v) is 2.39. The first kappa shape index (κ1) is 15.3. The van der Waals surface area contributed by atoms with Crippen LogP contribution < -0.4 is 0 Å². The quantitative estimate of drug-likeness (QED) is 0.781. The van der Waals surface area contributed by atoms with E-state index in [4.69, 9.17) is 0 Å². The number of aromatic nitrogens is 2. The molecule has 0 radical (unpaired) electrons. The topological polar surface area (TPSA) is 31.9 Å². The number of nitrogens with zero attached hydrogens (tertiary/aromatic N) is 2. The van der Waals surface area contributed by atoms with E-state index in [9.17, 15) is 0 Å². The molecular formula is C18H23N3. The molecule has 21 heavy (non-hydrogen) atoms. The third-order valence-electron chi connectivity index (χ3n) is 3.68. The van der Waals surface area contributed by atoms with Gasteiger partial charge in [0.25, 0.3) is 0 Å². The van der Waals surface area contributed by atoms with Crippen LogP contribution in [0.5, 0.6) is 0 Å². The van der Waals surface area contributed by atoms with Gasteiger partial charge < -0.3 is 0 Å². The van der Waals surface area contributed by atoms with Gasteiger partial charge in [-0.3, -0.25) is 10.00 Å². The minimum Gasteiger partial charge on any atom is -0.292 e. The first-order valence-corrected chi connectivity index (χ1v) is 7.19. The molecule has 0 atom stereocenters. The van der Waals surface area contributed by atoms with Crippen molar-refractivity contribution in [2.75, 3.05) is 13.1 Å². The summed E-state index contributed by atoms with van der Waals surface area (Å²) < 4.78 is 0. The molecule has 3 nitrogen and oxygen atoms in total. The summed E-state index contributed by atoms with van der Waals surface area (Å²) in [5, 5.41) is 7.35. The number of nitrogens with one attached hydrogen (secondary N) is 1. The highest BCUT2D eigenvalue weighted by atomic mass is 15.1. The molecule has 2 rings (SSSR count). The largest absolute Gasteiger partial charge is 0.292 e. The fraction of sp³-hybridized carbons (Fsp3) is 0.278. The lowest BCUT2D eigenvalue weighted by molar-refractivity contribution is 0.328. The van der Waals surface area contributed by atoms with Crippen LogP contribution in [0, 0.1) is 13.8 Å². The third-order valence-corrected chi connectivity index (χ3v) is 3.68. The van der Waals surface area contributed by atoms with Crippen LogP contribution in [0.2, 0.25) is 0 Å². The van der Waals surface area contributed by atoms with Crippen molar-refractivity contribution in [2.45, 2.75) is 20.4 Å². The molecule has 0 bridgehead atoms. The Balaban J connectivity index is 2.26. The number of benzene rings is 1. The lowest BCUT2D eigenvalue weighted by Gasteiger charge is -2.18. The summed E-state index contributed by atoms with van der Waals surface area (Å²) >= 11 is 0. The van der Waals surface area contributed by atoms with E-state index in [0.717, 1.165) is 25.3 Å². The van der Waals surface area contributed by atoms with Crippen molar-refractivity contribution in [1.82, 2.24) is 15.1 Å². The highest BCUT2D eigenvalue weighted by molar-refractivity contribution is 5.64. The average molecular weight is 281 g/mol. The van der Waals surface area contributed by atoms with Crippen LogP contribution in [0.3, 0.4) is 0 Å². The summed E-state index contributed by atoms with van der Waals surface area (Å²) in [7, 11) is 0. The van der Waals surface area contributed by atoms with Crippen molar-refractivity contribution in [3.8, 4) is 11.3 Å². The molecule has 1 N–H and O–H groups in total. The molecule has 0 amide bonds. The van der Waals surface area contributed by atoms with Crippen LogP contribution in [0.4, 0.5) is 0 Å². The zero-order chi connectivity index (χ0) is 15.2. The van der Waals surface area contributed by atoms with Crippen molar-refractivity contribution in [1.29, 1.82) is 0 Å². The van der Waals surface area contributed by atoms with Gasteiger partial charge in [-0.1, -0.05) is 24.3 Å². The number of aromatic amines is 1. The summed E-state index contributed by atoms with van der Waals surface area (Å²) in [5.74, 6) is 0. The molecule has 0 saturated heterocycles. The van der Waals surface area contributed by atoms with Gasteiger partial charge in [0.2, 0.25) is 0 Å². The van der Waals surface area contributed by atoms with Crippen LogP contribution in [-0.2, 0) is 6.54 Å². The van der Waals surface area contributed by atoms with E-state index in [1.165, 1.54) is 22.3 Å². The van der Waals surface area contributed by atoms with Gasteiger partial charge in [-0.2, -0.15) is 5.10 Å². The summed E-state index contributed by atoms with van der Waals surface area (Å²) in [6.45, 7) is 14.4. The number of aryl methyl sites for hydroxylation is 2.